The van der Waals surface area contributed by atoms with E-state index in [2.05, 4.69) is 19.1 Å². The minimum absolute atomic E-state index is 0.0390. The molecule has 0 saturated carbocycles. The van der Waals surface area contributed by atoms with Gasteiger partial charge < -0.3 is 4.57 Å². The third-order valence-corrected chi connectivity index (χ3v) is 5.75. The maximum atomic E-state index is 13.4. The van der Waals surface area contributed by atoms with Crippen LogP contribution in [0, 0.1) is 0 Å². The highest BCUT2D eigenvalue weighted by Crippen LogP contribution is 2.25. The highest BCUT2D eigenvalue weighted by Gasteiger charge is 2.19. The Morgan fingerprint density at radius 3 is 2.35 bits per heavy atom. The molecule has 0 aliphatic heterocycles. The minimum Gasteiger partial charge on any atom is -0.304 e. The largest absolute Gasteiger partial charge is 0.304 e. The highest BCUT2D eigenvalue weighted by molar-refractivity contribution is 6.04. The third-order valence-electron chi connectivity index (χ3n) is 5.75. The molecular formula is C25H25N5O. The van der Waals surface area contributed by atoms with Gasteiger partial charge in [-0.25, -0.2) is 15.0 Å². The van der Waals surface area contributed by atoms with Crippen molar-refractivity contribution in [2.45, 2.75) is 45.7 Å². The van der Waals surface area contributed by atoms with E-state index in [0.29, 0.717) is 35.3 Å². The quantitative estimate of drug-likeness (QED) is 0.357. The topological polar surface area (TPSA) is 65.6 Å². The average Bonchev–Trinajstić information content (AvgIpc) is 3.10. The molecule has 0 unspecified atom stereocenters. The molecule has 0 N–H and O–H groups in total. The van der Waals surface area contributed by atoms with Crippen molar-refractivity contribution in [1.29, 1.82) is 0 Å². The summed E-state index contributed by atoms with van der Waals surface area (Å²) in [5.41, 5.74) is 4.66. The number of aromatic nitrogens is 5. The average molecular weight is 412 g/mol. The van der Waals surface area contributed by atoms with Crippen LogP contribution in [0.4, 0.5) is 0 Å². The van der Waals surface area contributed by atoms with Crippen molar-refractivity contribution < 1.29 is 0 Å². The molecule has 0 fully saturated rings. The molecule has 3 aromatic heterocycles. The summed E-state index contributed by atoms with van der Waals surface area (Å²) in [6.07, 6.45) is 6.11. The van der Waals surface area contributed by atoms with E-state index >= 15 is 0 Å². The van der Waals surface area contributed by atoms with Crippen LogP contribution in [0.25, 0.3) is 33.2 Å². The van der Waals surface area contributed by atoms with Gasteiger partial charge in [0.1, 0.15) is 10.9 Å². The van der Waals surface area contributed by atoms with Gasteiger partial charge in [-0.05, 0) is 24.1 Å². The number of hydrogen-bond acceptors (Lipinski definition) is 4. The molecule has 0 atom stereocenters. The lowest BCUT2D eigenvalue weighted by Crippen LogP contribution is -2.21. The number of rotatable bonds is 7. The van der Waals surface area contributed by atoms with Gasteiger partial charge in [-0.2, -0.15) is 0 Å². The molecule has 0 spiro atoms. The summed E-state index contributed by atoms with van der Waals surface area (Å²) in [5.74, 6) is 0. The first kappa shape index (κ1) is 19.4. The monoisotopic (exact) mass is 411 g/mol. The number of unbranched alkanes of at least 4 members (excludes halogenated alkanes) is 3. The molecule has 0 radical (unpaired) electrons. The lowest BCUT2D eigenvalue weighted by Gasteiger charge is -2.08. The predicted octanol–water partition coefficient (Wildman–Crippen LogP) is 4.92. The Morgan fingerprint density at radius 2 is 1.58 bits per heavy atom. The summed E-state index contributed by atoms with van der Waals surface area (Å²) in [7, 11) is 0. The normalized spacial score (nSPS) is 11.6. The van der Waals surface area contributed by atoms with E-state index < -0.39 is 0 Å². The molecule has 0 amide bonds. The van der Waals surface area contributed by atoms with Crippen molar-refractivity contribution in [3.63, 3.8) is 0 Å². The van der Waals surface area contributed by atoms with Crippen LogP contribution < -0.4 is 5.56 Å². The second kappa shape index (κ2) is 8.30. The predicted molar refractivity (Wildman–Crippen MR) is 124 cm³/mol. The van der Waals surface area contributed by atoms with Crippen LogP contribution in [0.3, 0.4) is 0 Å². The Kier molecular flexibility index (Phi) is 5.20. The van der Waals surface area contributed by atoms with E-state index in [4.69, 9.17) is 15.0 Å². The Balaban J connectivity index is 1.72. The van der Waals surface area contributed by atoms with Gasteiger partial charge in [0.25, 0.3) is 5.56 Å². The number of fused-ring (bicyclic) bond motifs is 4. The van der Waals surface area contributed by atoms with Crippen LogP contribution in [0.5, 0.6) is 0 Å². The zero-order chi connectivity index (χ0) is 21.2. The molecule has 6 nitrogen and oxygen atoms in total. The summed E-state index contributed by atoms with van der Waals surface area (Å²) < 4.78 is 3.74. The molecular weight excluding hydrogens is 386 g/mol. The van der Waals surface area contributed by atoms with E-state index in [0.717, 1.165) is 29.4 Å². The van der Waals surface area contributed by atoms with Crippen molar-refractivity contribution in [2.75, 3.05) is 0 Å². The van der Waals surface area contributed by atoms with E-state index in [1.807, 2.05) is 47.0 Å². The summed E-state index contributed by atoms with van der Waals surface area (Å²) in [4.78, 5) is 27.9. The van der Waals surface area contributed by atoms with E-state index in [9.17, 15) is 4.79 Å². The van der Waals surface area contributed by atoms with Gasteiger partial charge in [-0.3, -0.25) is 9.36 Å². The van der Waals surface area contributed by atoms with Gasteiger partial charge in [0, 0.05) is 6.54 Å². The van der Waals surface area contributed by atoms with Crippen molar-refractivity contribution >= 4 is 33.2 Å². The fraction of sp³-hybridized carbons (Fsp3) is 0.280. The molecule has 6 heteroatoms. The molecule has 156 valence electrons. The summed E-state index contributed by atoms with van der Waals surface area (Å²) in [6.45, 7) is 3.44. The number of para-hydroxylation sites is 2. The standard InChI is InChI=1S/C25H25N5O/c1-2-3-4-10-15-29-17-26-23-21(25(29)31)22-24(28-20-14-9-8-13-19(20)27-22)30(23)16-18-11-6-5-7-12-18/h5-9,11-14,17H,2-4,10,15-16H2,1H3. The van der Waals surface area contributed by atoms with Gasteiger partial charge in [-0.1, -0.05) is 68.7 Å². The lowest BCUT2D eigenvalue weighted by atomic mass is 10.2. The summed E-state index contributed by atoms with van der Waals surface area (Å²) >= 11 is 0. The van der Waals surface area contributed by atoms with Crippen molar-refractivity contribution in [2.24, 2.45) is 0 Å². The van der Waals surface area contributed by atoms with Crippen LogP contribution in [-0.4, -0.2) is 24.1 Å². The summed E-state index contributed by atoms with van der Waals surface area (Å²) in [6, 6.07) is 17.9. The van der Waals surface area contributed by atoms with Crippen molar-refractivity contribution in [3.8, 4) is 0 Å². The minimum atomic E-state index is -0.0390. The number of hydrogen-bond donors (Lipinski definition) is 0. The van der Waals surface area contributed by atoms with Crippen molar-refractivity contribution in [1.82, 2.24) is 24.1 Å². The van der Waals surface area contributed by atoms with Crippen LogP contribution in [0.2, 0.25) is 0 Å². The van der Waals surface area contributed by atoms with Gasteiger partial charge in [0.05, 0.1) is 23.9 Å². The Bertz CT molecular complexity index is 1420. The first-order valence-corrected chi connectivity index (χ1v) is 10.9. The smallest absolute Gasteiger partial charge is 0.265 e. The SMILES string of the molecule is CCCCCCn1cnc2c(c1=O)c1nc3ccccc3nc1n2Cc1ccccc1. The number of benzene rings is 2. The van der Waals surface area contributed by atoms with E-state index in [1.165, 1.54) is 12.8 Å². The Labute approximate surface area is 180 Å². The van der Waals surface area contributed by atoms with Crippen LogP contribution >= 0.6 is 0 Å². The van der Waals surface area contributed by atoms with E-state index in [-0.39, 0.29) is 5.56 Å². The maximum absolute atomic E-state index is 13.4. The molecule has 5 aromatic rings. The molecule has 0 aliphatic rings. The highest BCUT2D eigenvalue weighted by atomic mass is 16.1. The molecule has 31 heavy (non-hydrogen) atoms. The lowest BCUT2D eigenvalue weighted by molar-refractivity contribution is 0.567. The maximum Gasteiger partial charge on any atom is 0.265 e. The molecule has 0 aliphatic carbocycles. The van der Waals surface area contributed by atoms with Crippen LogP contribution in [0.15, 0.2) is 65.7 Å². The Hall–Kier alpha value is -3.54. The van der Waals surface area contributed by atoms with Gasteiger partial charge in [0.15, 0.2) is 11.3 Å². The number of nitrogens with zero attached hydrogens (tertiary/aromatic N) is 5. The molecule has 3 heterocycles. The zero-order valence-electron chi connectivity index (χ0n) is 17.7. The zero-order valence-corrected chi connectivity index (χ0v) is 17.7. The van der Waals surface area contributed by atoms with Gasteiger partial charge in [0.2, 0.25) is 0 Å². The number of aryl methyl sites for hydroxylation is 1. The molecule has 2 aromatic carbocycles. The van der Waals surface area contributed by atoms with Crippen LogP contribution in [-0.2, 0) is 13.1 Å². The fourth-order valence-corrected chi connectivity index (χ4v) is 4.12. The second-order valence-corrected chi connectivity index (χ2v) is 7.96. The fourth-order valence-electron chi connectivity index (χ4n) is 4.12. The molecule has 0 saturated heterocycles. The van der Waals surface area contributed by atoms with Gasteiger partial charge >= 0.3 is 0 Å². The molecule has 0 bridgehead atoms. The van der Waals surface area contributed by atoms with Gasteiger partial charge in [-0.15, -0.1) is 0 Å². The second-order valence-electron chi connectivity index (χ2n) is 7.96. The van der Waals surface area contributed by atoms with E-state index in [1.54, 1.807) is 10.9 Å². The molecule has 5 rings (SSSR count). The Morgan fingerprint density at radius 1 is 0.839 bits per heavy atom. The third kappa shape index (κ3) is 3.58. The van der Waals surface area contributed by atoms with Crippen molar-refractivity contribution in [3.05, 3.63) is 76.8 Å². The van der Waals surface area contributed by atoms with Crippen LogP contribution in [0.1, 0.15) is 38.2 Å². The summed E-state index contributed by atoms with van der Waals surface area (Å²) in [5, 5.41) is 0.558. The first-order valence-electron chi connectivity index (χ1n) is 10.9. The first-order chi connectivity index (χ1) is 15.3.